The highest BCUT2D eigenvalue weighted by Crippen LogP contribution is 2.28. The lowest BCUT2D eigenvalue weighted by Crippen LogP contribution is -2.04. The van der Waals surface area contributed by atoms with E-state index >= 15 is 0 Å². The van der Waals surface area contributed by atoms with Crippen LogP contribution in [0, 0.1) is 0 Å². The first-order valence-electron chi connectivity index (χ1n) is 3.72. The fourth-order valence-corrected chi connectivity index (χ4v) is 2.05. The Balaban J connectivity index is 2.92. The Bertz CT molecular complexity index is 494. The molecule has 0 unspecified atom stereocenters. The largest absolute Gasteiger partial charge is 0.329 e. The minimum absolute atomic E-state index is 0.0786. The van der Waals surface area contributed by atoms with Gasteiger partial charge in [-0.25, -0.2) is 0 Å². The van der Waals surface area contributed by atoms with Gasteiger partial charge in [0.25, 0.3) is 5.56 Å². The van der Waals surface area contributed by atoms with Crippen molar-refractivity contribution < 1.29 is 0 Å². The van der Waals surface area contributed by atoms with Crippen molar-refractivity contribution in [2.75, 3.05) is 0 Å². The molecule has 0 aliphatic carbocycles. The molecule has 66 valence electrons. The van der Waals surface area contributed by atoms with Gasteiger partial charge >= 0.3 is 0 Å². The van der Waals surface area contributed by atoms with Crippen LogP contribution in [0.3, 0.4) is 0 Å². The zero-order valence-electron chi connectivity index (χ0n) is 6.58. The second-order valence-electron chi connectivity index (χ2n) is 2.60. The number of benzene rings is 1. The molecule has 0 spiro atoms. The van der Waals surface area contributed by atoms with Gasteiger partial charge in [0.2, 0.25) is 0 Å². The van der Waals surface area contributed by atoms with Crippen molar-refractivity contribution in [1.29, 1.82) is 0 Å². The van der Waals surface area contributed by atoms with E-state index in [2.05, 4.69) is 4.98 Å². The molecule has 0 saturated carbocycles. The number of H-pyrrole nitrogens is 1. The maximum Gasteiger partial charge on any atom is 0.255 e. The van der Waals surface area contributed by atoms with E-state index in [0.717, 1.165) is 21.3 Å². The topological polar surface area (TPSA) is 32.9 Å². The molecule has 13 heavy (non-hydrogen) atoms. The highest BCUT2D eigenvalue weighted by molar-refractivity contribution is 8.21. The molecule has 0 atom stereocenters. The van der Waals surface area contributed by atoms with Crippen molar-refractivity contribution >= 4 is 32.4 Å². The maximum absolute atomic E-state index is 11.3. The van der Waals surface area contributed by atoms with Crippen molar-refractivity contribution in [3.8, 4) is 0 Å². The van der Waals surface area contributed by atoms with Gasteiger partial charge in [0.05, 0.1) is 0 Å². The van der Waals surface area contributed by atoms with E-state index < -0.39 is 0 Å². The molecule has 1 heterocycles. The van der Waals surface area contributed by atoms with Crippen LogP contribution in [0.2, 0.25) is 0 Å². The highest BCUT2D eigenvalue weighted by Gasteiger charge is 2.01. The summed E-state index contributed by atoms with van der Waals surface area (Å²) in [5.41, 5.74) is -0.0786. The molecule has 4 heteroatoms. The van der Waals surface area contributed by atoms with E-state index in [-0.39, 0.29) is 5.56 Å². The van der Waals surface area contributed by atoms with Crippen molar-refractivity contribution in [1.82, 2.24) is 4.98 Å². The molecule has 0 fully saturated rings. The summed E-state index contributed by atoms with van der Waals surface area (Å²) in [5.74, 6) is 0. The smallest absolute Gasteiger partial charge is 0.255 e. The van der Waals surface area contributed by atoms with Crippen LogP contribution in [0.5, 0.6) is 0 Å². The molecule has 0 aliphatic rings. The van der Waals surface area contributed by atoms with Gasteiger partial charge in [-0.2, -0.15) is 0 Å². The molecule has 0 radical (unpaired) electrons. The van der Waals surface area contributed by atoms with Gasteiger partial charge in [-0.05, 0) is 39.9 Å². The lowest BCUT2D eigenvalue weighted by Gasteiger charge is -1.99. The average molecular weight is 212 g/mol. The second-order valence-corrected chi connectivity index (χ2v) is 3.66. The predicted octanol–water partition coefficient (Wildman–Crippen LogP) is 2.77. The number of halogens is 1. The Kier molecular flexibility index (Phi) is 2.29. The van der Waals surface area contributed by atoms with E-state index in [4.69, 9.17) is 10.7 Å². The van der Waals surface area contributed by atoms with Crippen LogP contribution in [-0.4, -0.2) is 4.98 Å². The van der Waals surface area contributed by atoms with E-state index in [1.807, 2.05) is 18.2 Å². The number of hydrogen-bond acceptors (Lipinski definition) is 2. The fraction of sp³-hybridized carbons (Fsp3) is 0. The monoisotopic (exact) mass is 211 g/mol. The zero-order valence-corrected chi connectivity index (χ0v) is 8.15. The Morgan fingerprint density at radius 1 is 1.23 bits per heavy atom. The van der Waals surface area contributed by atoms with Crippen LogP contribution in [0.1, 0.15) is 0 Å². The van der Waals surface area contributed by atoms with Gasteiger partial charge in [0.15, 0.2) is 0 Å². The van der Waals surface area contributed by atoms with Crippen molar-refractivity contribution in [2.24, 2.45) is 0 Å². The van der Waals surface area contributed by atoms with Crippen molar-refractivity contribution in [3.63, 3.8) is 0 Å². The Hall–Kier alpha value is -0.930. The summed E-state index contributed by atoms with van der Waals surface area (Å²) >= 11 is 0. The van der Waals surface area contributed by atoms with Crippen molar-refractivity contribution in [3.05, 3.63) is 40.8 Å². The van der Waals surface area contributed by atoms with Crippen LogP contribution < -0.4 is 5.56 Å². The lowest BCUT2D eigenvalue weighted by molar-refractivity contribution is 1.27. The van der Waals surface area contributed by atoms with Gasteiger partial charge in [0.1, 0.15) is 0 Å². The van der Waals surface area contributed by atoms with Gasteiger partial charge in [0, 0.05) is 21.9 Å². The molecule has 0 amide bonds. The van der Waals surface area contributed by atoms with Gasteiger partial charge in [-0.3, -0.25) is 4.79 Å². The highest BCUT2D eigenvalue weighted by atomic mass is 35.7. The molecule has 2 nitrogen and oxygen atoms in total. The summed E-state index contributed by atoms with van der Waals surface area (Å²) in [6, 6.07) is 7.34. The molecule has 1 aromatic heterocycles. The van der Waals surface area contributed by atoms with Crippen LogP contribution in [0.4, 0.5) is 0 Å². The summed E-state index contributed by atoms with van der Waals surface area (Å²) < 4.78 is 0. The molecular weight excluding hydrogens is 206 g/mol. The molecule has 2 rings (SSSR count). The summed E-state index contributed by atoms with van der Waals surface area (Å²) in [5, 5.41) is 1.57. The van der Waals surface area contributed by atoms with E-state index in [9.17, 15) is 4.79 Å². The molecule has 1 aromatic carbocycles. The van der Waals surface area contributed by atoms with E-state index in [1.54, 1.807) is 12.3 Å². The summed E-state index contributed by atoms with van der Waals surface area (Å²) in [7, 11) is 6.79. The van der Waals surface area contributed by atoms with Gasteiger partial charge < -0.3 is 4.98 Å². The quantitative estimate of drug-likeness (QED) is 0.787. The Morgan fingerprint density at radius 3 is 2.85 bits per heavy atom. The van der Waals surface area contributed by atoms with Crippen LogP contribution in [0.25, 0.3) is 10.8 Å². The fourth-order valence-electron chi connectivity index (χ4n) is 1.26. The standard InChI is InChI=1S/C9H6ClNOS/c10-13-8-3-1-2-7-6(8)4-5-11-9(7)12/h1-5H,(H,11,12). The summed E-state index contributed by atoms with van der Waals surface area (Å²) in [6.07, 6.45) is 1.63. The number of pyridine rings is 1. The molecular formula is C9H6ClNOS. The van der Waals surface area contributed by atoms with Gasteiger partial charge in [-0.1, -0.05) is 6.07 Å². The normalized spacial score (nSPS) is 10.5. The first-order valence-corrected chi connectivity index (χ1v) is 5.36. The minimum Gasteiger partial charge on any atom is -0.329 e. The van der Waals surface area contributed by atoms with Crippen LogP contribution in [-0.2, 0) is 0 Å². The number of fused-ring (bicyclic) bond motifs is 1. The summed E-state index contributed by atoms with van der Waals surface area (Å²) in [4.78, 5) is 14.9. The third kappa shape index (κ3) is 1.45. The number of nitrogens with one attached hydrogen (secondary N) is 1. The first-order chi connectivity index (χ1) is 6.33. The zero-order chi connectivity index (χ0) is 9.26. The molecule has 1 N–H and O–H groups in total. The summed E-state index contributed by atoms with van der Waals surface area (Å²) in [6.45, 7) is 0. The second kappa shape index (κ2) is 3.44. The molecule has 0 aliphatic heterocycles. The number of aromatic amines is 1. The third-order valence-electron chi connectivity index (χ3n) is 1.86. The lowest BCUT2D eigenvalue weighted by atomic mass is 10.2. The Labute approximate surface area is 83.4 Å². The number of rotatable bonds is 1. The maximum atomic E-state index is 11.3. The third-order valence-corrected chi connectivity index (χ3v) is 2.88. The first kappa shape index (κ1) is 8.66. The molecule has 2 aromatic rings. The number of hydrogen-bond donors (Lipinski definition) is 1. The van der Waals surface area contributed by atoms with E-state index in [0.29, 0.717) is 5.39 Å². The van der Waals surface area contributed by atoms with Crippen LogP contribution >= 0.6 is 21.7 Å². The van der Waals surface area contributed by atoms with E-state index in [1.165, 1.54) is 0 Å². The molecule has 0 saturated heterocycles. The number of aromatic nitrogens is 1. The van der Waals surface area contributed by atoms with Crippen molar-refractivity contribution in [2.45, 2.75) is 4.90 Å². The van der Waals surface area contributed by atoms with Crippen LogP contribution in [0.15, 0.2) is 40.2 Å². The van der Waals surface area contributed by atoms with Gasteiger partial charge in [-0.15, -0.1) is 0 Å². The average Bonchev–Trinajstić information content (AvgIpc) is 2.18. The molecule has 0 bridgehead atoms. The SMILES string of the molecule is O=c1[nH]ccc2c(SCl)cccc12. The Morgan fingerprint density at radius 2 is 2.08 bits per heavy atom. The minimum atomic E-state index is -0.0786. The predicted molar refractivity (Wildman–Crippen MR) is 56.3 cm³/mol.